The number of guanidine groups is 2. The number of aliphatic imine (C=N–C) groups is 1. The van der Waals surface area contributed by atoms with Crippen LogP contribution in [0.5, 0.6) is 5.75 Å². The lowest BCUT2D eigenvalue weighted by atomic mass is 9.79. The van der Waals surface area contributed by atoms with Gasteiger partial charge < -0.3 is 31.3 Å². The number of nitrogens with one attached hydrogen (secondary N) is 4. The Bertz CT molecular complexity index is 1510. The first-order valence-corrected chi connectivity index (χ1v) is 13.7. The first kappa shape index (κ1) is 27.7. The van der Waals surface area contributed by atoms with Crippen LogP contribution < -0.4 is 37.1 Å². The van der Waals surface area contributed by atoms with Gasteiger partial charge in [0.15, 0.2) is 12.0 Å². The minimum atomic E-state index is -2.60. The van der Waals surface area contributed by atoms with Gasteiger partial charge in [0.2, 0.25) is 11.6 Å². The van der Waals surface area contributed by atoms with E-state index < -0.39 is 41.4 Å². The van der Waals surface area contributed by atoms with E-state index in [1.807, 2.05) is 13.0 Å². The van der Waals surface area contributed by atoms with Crippen LogP contribution in [-0.2, 0) is 5.41 Å². The van der Waals surface area contributed by atoms with E-state index in [0.29, 0.717) is 17.9 Å². The highest BCUT2D eigenvalue weighted by molar-refractivity contribution is 5.98. The van der Waals surface area contributed by atoms with Crippen LogP contribution in [0.25, 0.3) is 0 Å². The van der Waals surface area contributed by atoms with Gasteiger partial charge in [0, 0.05) is 24.5 Å². The molecule has 2 aromatic rings. The second-order valence-corrected chi connectivity index (χ2v) is 11.8. The van der Waals surface area contributed by atoms with Crippen LogP contribution in [0.4, 0.5) is 0 Å². The van der Waals surface area contributed by atoms with Crippen molar-refractivity contribution in [2.75, 3.05) is 19.7 Å². The van der Waals surface area contributed by atoms with Crippen molar-refractivity contribution in [1.82, 2.24) is 30.8 Å². The van der Waals surface area contributed by atoms with Crippen LogP contribution in [0.2, 0.25) is 0 Å². The number of para-hydroxylation sites is 1. The Kier molecular flexibility index (Phi) is 6.27. The number of nitrogens with zero attached hydrogens (tertiary/aromatic N) is 4. The summed E-state index contributed by atoms with van der Waals surface area (Å²) in [6, 6.07) is 2.49. The zero-order valence-corrected chi connectivity index (χ0v) is 23.5. The Balaban J connectivity index is 1.26. The number of nitrogens with two attached hydrogens (primary N) is 2. The molecular formula is C27H35N10O5+. The molecule has 5 heterocycles. The number of aromatic nitrogens is 2. The Morgan fingerprint density at radius 2 is 1.95 bits per heavy atom. The first-order valence-electron chi connectivity index (χ1n) is 13.7. The molecule has 0 aliphatic carbocycles. The van der Waals surface area contributed by atoms with Crippen molar-refractivity contribution in [3.8, 4) is 5.75 Å². The summed E-state index contributed by atoms with van der Waals surface area (Å²) in [4.78, 5) is 43.4. The number of rotatable bonds is 5. The zero-order chi connectivity index (χ0) is 30.0. The maximum Gasteiger partial charge on any atom is 0.343 e. The molecule has 2 unspecified atom stereocenters. The van der Waals surface area contributed by atoms with Crippen molar-refractivity contribution >= 4 is 23.7 Å². The largest absolute Gasteiger partial charge is 0.492 e. The summed E-state index contributed by atoms with van der Waals surface area (Å²) < 4.78 is 5.90. The summed E-state index contributed by atoms with van der Waals surface area (Å²) in [5.41, 5.74) is 12.6. The summed E-state index contributed by atoms with van der Waals surface area (Å²) in [7, 11) is 0. The van der Waals surface area contributed by atoms with Gasteiger partial charge in [-0.2, -0.15) is 0 Å². The SMILES string of the molecule is Cc1cnc(C(=O)NC[C@@H]2N=C(N)N3CC(NC(=O)c4cccc5c4OCCC5(C)C)C(O)(O)C34NC(N)=[NH+][C@@H]24)nc1. The molecule has 1 aromatic heterocycles. The van der Waals surface area contributed by atoms with Gasteiger partial charge in [0.05, 0.1) is 18.7 Å². The molecule has 6 rings (SSSR count). The third-order valence-electron chi connectivity index (χ3n) is 8.61. The molecule has 0 saturated carbocycles. The monoisotopic (exact) mass is 579 g/mol. The molecule has 0 bridgehead atoms. The van der Waals surface area contributed by atoms with Crippen LogP contribution in [0, 0.1) is 6.92 Å². The predicted octanol–water partition coefficient (Wildman–Crippen LogP) is -3.87. The van der Waals surface area contributed by atoms with Crippen LogP contribution in [0.3, 0.4) is 0 Å². The van der Waals surface area contributed by atoms with Crippen molar-refractivity contribution in [2.24, 2.45) is 16.5 Å². The van der Waals surface area contributed by atoms with Crippen molar-refractivity contribution in [1.29, 1.82) is 0 Å². The molecular weight excluding hydrogens is 544 g/mol. The number of amides is 2. The maximum atomic E-state index is 13.6. The Labute approximate surface area is 241 Å². The Morgan fingerprint density at radius 3 is 2.69 bits per heavy atom. The van der Waals surface area contributed by atoms with Crippen molar-refractivity contribution < 1.29 is 29.5 Å². The second kappa shape index (κ2) is 9.52. The molecule has 1 aromatic carbocycles. The molecule has 42 heavy (non-hydrogen) atoms. The molecule has 2 amide bonds. The molecule has 15 heteroatoms. The number of hydrogen-bond acceptors (Lipinski definition) is 12. The minimum Gasteiger partial charge on any atom is -0.492 e. The zero-order valence-electron chi connectivity index (χ0n) is 23.5. The van der Waals surface area contributed by atoms with E-state index in [1.165, 1.54) is 17.3 Å². The van der Waals surface area contributed by atoms with Gasteiger partial charge >= 0.3 is 5.96 Å². The quantitative estimate of drug-likeness (QED) is 0.160. The molecule has 4 aliphatic heterocycles. The lowest BCUT2D eigenvalue weighted by Crippen LogP contribution is -2.90. The van der Waals surface area contributed by atoms with Gasteiger partial charge in [-0.15, -0.1) is 0 Å². The molecule has 15 nitrogen and oxygen atoms in total. The van der Waals surface area contributed by atoms with E-state index in [-0.39, 0.29) is 36.2 Å². The van der Waals surface area contributed by atoms with Crippen molar-refractivity contribution in [2.45, 2.75) is 62.2 Å². The lowest BCUT2D eigenvalue weighted by Gasteiger charge is -2.46. The molecule has 1 saturated heterocycles. The first-order chi connectivity index (χ1) is 19.8. The standard InChI is InChI=1S/C27H34N10O5/c1-13-9-30-20(31-10-13)22(39)32-11-16-19-26(36-23(28)35-19)27(40,41)17(12-37(26)24(29)33-16)34-21(38)14-5-4-6-15-18(14)42-8-7-25(15,2)3/h4-6,9-10,16-17,19,40-41H,7-8,11-12H2,1-3H3,(H2,29,33)(H,32,39)(H,34,38)(H3,28,35,36)/p+1/t16-,17?,19-,26?/m0/s1. The number of ether oxygens (including phenoxy) is 1. The van der Waals surface area contributed by atoms with E-state index in [2.05, 4.69) is 49.8 Å². The van der Waals surface area contributed by atoms with E-state index in [9.17, 15) is 19.8 Å². The fourth-order valence-electron chi connectivity index (χ4n) is 6.31. The third kappa shape index (κ3) is 4.10. The van der Waals surface area contributed by atoms with Crippen molar-refractivity contribution in [3.63, 3.8) is 0 Å². The lowest BCUT2D eigenvalue weighted by molar-refractivity contribution is -0.521. The number of carbonyl (C=O) groups excluding carboxylic acids is 2. The molecule has 222 valence electrons. The van der Waals surface area contributed by atoms with Crippen LogP contribution in [-0.4, -0.2) is 98.1 Å². The normalized spacial score (nSPS) is 28.2. The Hall–Kier alpha value is -4.50. The Morgan fingerprint density at radius 1 is 1.21 bits per heavy atom. The van der Waals surface area contributed by atoms with Gasteiger partial charge in [0.25, 0.3) is 17.5 Å². The van der Waals surface area contributed by atoms with Gasteiger partial charge in [-0.1, -0.05) is 26.0 Å². The van der Waals surface area contributed by atoms with Crippen LogP contribution in [0.15, 0.2) is 35.6 Å². The predicted molar refractivity (Wildman–Crippen MR) is 149 cm³/mol. The average Bonchev–Trinajstić information content (AvgIpc) is 3.41. The highest BCUT2D eigenvalue weighted by atomic mass is 16.5. The molecule has 10 N–H and O–H groups in total. The molecule has 0 radical (unpaired) electrons. The number of aliphatic hydroxyl groups is 2. The van der Waals surface area contributed by atoms with Gasteiger partial charge in [0.1, 0.15) is 17.8 Å². The van der Waals surface area contributed by atoms with Crippen molar-refractivity contribution in [3.05, 3.63) is 53.1 Å². The maximum absolute atomic E-state index is 13.6. The topological polar surface area (TPSA) is 227 Å². The second-order valence-electron chi connectivity index (χ2n) is 11.8. The average molecular weight is 580 g/mol. The minimum absolute atomic E-state index is 0.0208. The fourth-order valence-corrected chi connectivity index (χ4v) is 6.31. The number of hydrogen-bond donors (Lipinski definition) is 8. The van der Waals surface area contributed by atoms with E-state index in [4.69, 9.17) is 16.2 Å². The highest BCUT2D eigenvalue weighted by Crippen LogP contribution is 2.43. The van der Waals surface area contributed by atoms with Gasteiger partial charge in [-0.3, -0.25) is 25.2 Å². The van der Waals surface area contributed by atoms with E-state index >= 15 is 0 Å². The smallest absolute Gasteiger partial charge is 0.343 e. The number of aryl methyl sites for hydroxylation is 1. The fraction of sp³-hybridized carbons (Fsp3) is 0.481. The van der Waals surface area contributed by atoms with Crippen LogP contribution in [0.1, 0.15) is 52.4 Å². The van der Waals surface area contributed by atoms with E-state index in [1.54, 1.807) is 12.1 Å². The number of benzene rings is 1. The third-order valence-corrected chi connectivity index (χ3v) is 8.61. The number of fused-ring (bicyclic) bond motifs is 1. The number of carbonyl (C=O) groups is 2. The molecule has 1 spiro atoms. The summed E-state index contributed by atoms with van der Waals surface area (Å²) in [5.74, 6) is -3.17. The molecule has 4 aliphatic rings. The van der Waals surface area contributed by atoms with Crippen LogP contribution >= 0.6 is 0 Å². The summed E-state index contributed by atoms with van der Waals surface area (Å²) in [6.45, 7) is 6.30. The summed E-state index contributed by atoms with van der Waals surface area (Å²) in [6.07, 6.45) is 3.86. The molecule has 4 atom stereocenters. The molecule has 1 fully saturated rings. The van der Waals surface area contributed by atoms with Gasteiger partial charge in [-0.05, 0) is 30.4 Å². The highest BCUT2D eigenvalue weighted by Gasteiger charge is 2.76. The van der Waals surface area contributed by atoms with Gasteiger partial charge in [-0.25, -0.2) is 20.3 Å². The summed E-state index contributed by atoms with van der Waals surface area (Å²) in [5, 5.41) is 31.9. The summed E-state index contributed by atoms with van der Waals surface area (Å²) >= 11 is 0. The van der Waals surface area contributed by atoms with E-state index in [0.717, 1.165) is 17.5 Å².